The minimum Gasteiger partial charge on any atom is -0.309 e. The third-order valence-corrected chi connectivity index (χ3v) is 4.22. The lowest BCUT2D eigenvalue weighted by atomic mass is 10.1. The number of thiophene rings is 1. The lowest BCUT2D eigenvalue weighted by Gasteiger charge is -2.16. The fourth-order valence-corrected chi connectivity index (χ4v) is 3.04. The predicted octanol–water partition coefficient (Wildman–Crippen LogP) is 3.60. The van der Waals surface area contributed by atoms with E-state index in [9.17, 15) is 0 Å². The van der Waals surface area contributed by atoms with Crippen LogP contribution in [0.5, 0.6) is 0 Å². The van der Waals surface area contributed by atoms with E-state index in [0.717, 1.165) is 25.1 Å². The monoisotopic (exact) mass is 260 g/mol. The summed E-state index contributed by atoms with van der Waals surface area (Å²) < 4.78 is 0. The van der Waals surface area contributed by atoms with Gasteiger partial charge in [0.15, 0.2) is 0 Å². The Balaban J connectivity index is 2.11. The number of nitrogens with zero attached hydrogens (tertiary/aromatic N) is 1. The Morgan fingerprint density at radius 2 is 2.00 bits per heavy atom. The maximum atomic E-state index is 4.46. The molecular weight excluding hydrogens is 240 g/mol. The highest BCUT2D eigenvalue weighted by atomic mass is 32.1. The van der Waals surface area contributed by atoms with Crippen LogP contribution in [-0.4, -0.2) is 11.5 Å². The molecule has 2 rings (SSSR count). The summed E-state index contributed by atoms with van der Waals surface area (Å²) in [5, 5.41) is 3.52. The molecule has 96 valence electrons. The van der Waals surface area contributed by atoms with E-state index in [4.69, 9.17) is 0 Å². The van der Waals surface area contributed by atoms with E-state index in [2.05, 4.69) is 48.4 Å². The van der Waals surface area contributed by atoms with Crippen LogP contribution in [0, 0.1) is 0 Å². The Bertz CT molecular complexity index is 464. The molecule has 18 heavy (non-hydrogen) atoms. The van der Waals surface area contributed by atoms with Gasteiger partial charge in [0, 0.05) is 22.4 Å². The van der Waals surface area contributed by atoms with Crippen LogP contribution in [0.2, 0.25) is 0 Å². The van der Waals surface area contributed by atoms with Crippen molar-refractivity contribution in [2.75, 3.05) is 6.54 Å². The van der Waals surface area contributed by atoms with Crippen molar-refractivity contribution in [1.29, 1.82) is 0 Å². The summed E-state index contributed by atoms with van der Waals surface area (Å²) >= 11 is 1.91. The van der Waals surface area contributed by atoms with E-state index in [0.29, 0.717) is 6.04 Å². The molecule has 2 aromatic rings. The van der Waals surface area contributed by atoms with Crippen molar-refractivity contribution in [3.8, 4) is 0 Å². The molecule has 0 spiro atoms. The number of pyridine rings is 1. The summed E-state index contributed by atoms with van der Waals surface area (Å²) in [6, 6.07) is 10.9. The smallest absolute Gasteiger partial charge is 0.0576 e. The first-order valence-electron chi connectivity index (χ1n) is 6.55. The molecule has 1 N–H and O–H groups in total. The molecule has 0 amide bonds. The zero-order valence-corrected chi connectivity index (χ0v) is 11.8. The molecule has 0 saturated heterocycles. The SMILES string of the molecule is CCNC(Cc1ccc(CC)s1)c1ccccn1. The van der Waals surface area contributed by atoms with Crippen LogP contribution in [0.4, 0.5) is 0 Å². The normalized spacial score (nSPS) is 12.6. The van der Waals surface area contributed by atoms with Crippen molar-refractivity contribution in [3.05, 3.63) is 52.0 Å². The van der Waals surface area contributed by atoms with Gasteiger partial charge in [-0.15, -0.1) is 11.3 Å². The van der Waals surface area contributed by atoms with Gasteiger partial charge in [-0.25, -0.2) is 0 Å². The van der Waals surface area contributed by atoms with Crippen molar-refractivity contribution in [2.24, 2.45) is 0 Å². The third kappa shape index (κ3) is 3.40. The van der Waals surface area contributed by atoms with Gasteiger partial charge >= 0.3 is 0 Å². The summed E-state index contributed by atoms with van der Waals surface area (Å²) in [6.45, 7) is 5.31. The summed E-state index contributed by atoms with van der Waals surface area (Å²) in [4.78, 5) is 7.36. The molecule has 0 aliphatic rings. The van der Waals surface area contributed by atoms with Crippen molar-refractivity contribution >= 4 is 11.3 Å². The molecule has 2 heterocycles. The van der Waals surface area contributed by atoms with Crippen LogP contribution in [0.15, 0.2) is 36.5 Å². The van der Waals surface area contributed by atoms with E-state index >= 15 is 0 Å². The number of aromatic nitrogens is 1. The number of likely N-dealkylation sites (N-methyl/N-ethyl adjacent to an activating group) is 1. The number of rotatable bonds is 6. The van der Waals surface area contributed by atoms with Gasteiger partial charge in [0.1, 0.15) is 0 Å². The van der Waals surface area contributed by atoms with Gasteiger partial charge in [-0.1, -0.05) is 19.9 Å². The second-order valence-electron chi connectivity index (χ2n) is 4.29. The van der Waals surface area contributed by atoms with Gasteiger partial charge in [-0.2, -0.15) is 0 Å². The second kappa shape index (κ2) is 6.66. The van der Waals surface area contributed by atoms with Crippen molar-refractivity contribution in [2.45, 2.75) is 32.7 Å². The minimum atomic E-state index is 0.319. The van der Waals surface area contributed by atoms with Crippen LogP contribution >= 0.6 is 11.3 Å². The fourth-order valence-electron chi connectivity index (χ4n) is 2.03. The lowest BCUT2D eigenvalue weighted by molar-refractivity contribution is 0.540. The Hall–Kier alpha value is -1.19. The highest BCUT2D eigenvalue weighted by molar-refractivity contribution is 7.11. The zero-order valence-electron chi connectivity index (χ0n) is 11.0. The Kier molecular flexibility index (Phi) is 4.90. The first-order chi connectivity index (χ1) is 8.83. The molecule has 0 aliphatic carbocycles. The van der Waals surface area contributed by atoms with Crippen LogP contribution in [-0.2, 0) is 12.8 Å². The Morgan fingerprint density at radius 3 is 2.61 bits per heavy atom. The van der Waals surface area contributed by atoms with Crippen LogP contribution in [0.25, 0.3) is 0 Å². The molecule has 0 bridgehead atoms. The summed E-state index contributed by atoms with van der Waals surface area (Å²) in [5.41, 5.74) is 1.13. The van der Waals surface area contributed by atoms with E-state index in [1.165, 1.54) is 9.75 Å². The molecule has 0 saturated carbocycles. The molecule has 0 aromatic carbocycles. The average Bonchev–Trinajstić information content (AvgIpc) is 2.87. The lowest BCUT2D eigenvalue weighted by Crippen LogP contribution is -2.23. The molecule has 2 aromatic heterocycles. The van der Waals surface area contributed by atoms with Crippen LogP contribution < -0.4 is 5.32 Å². The van der Waals surface area contributed by atoms with Crippen molar-refractivity contribution < 1.29 is 0 Å². The summed E-state index contributed by atoms with van der Waals surface area (Å²) in [5.74, 6) is 0. The number of aryl methyl sites for hydroxylation is 1. The number of nitrogens with one attached hydrogen (secondary N) is 1. The molecule has 0 aliphatic heterocycles. The van der Waals surface area contributed by atoms with Crippen LogP contribution in [0.3, 0.4) is 0 Å². The molecule has 1 atom stereocenters. The van der Waals surface area contributed by atoms with Gasteiger partial charge < -0.3 is 5.32 Å². The van der Waals surface area contributed by atoms with Gasteiger partial charge in [0.25, 0.3) is 0 Å². The van der Waals surface area contributed by atoms with Crippen LogP contribution in [0.1, 0.15) is 35.3 Å². The molecule has 1 unspecified atom stereocenters. The first-order valence-corrected chi connectivity index (χ1v) is 7.37. The van der Waals surface area contributed by atoms with Gasteiger partial charge in [-0.3, -0.25) is 4.98 Å². The molecule has 3 heteroatoms. The molecule has 0 radical (unpaired) electrons. The quantitative estimate of drug-likeness (QED) is 0.858. The topological polar surface area (TPSA) is 24.9 Å². The van der Waals surface area contributed by atoms with E-state index in [1.54, 1.807) is 0 Å². The highest BCUT2D eigenvalue weighted by Gasteiger charge is 2.13. The number of hydrogen-bond donors (Lipinski definition) is 1. The number of hydrogen-bond acceptors (Lipinski definition) is 3. The van der Waals surface area contributed by atoms with Crippen molar-refractivity contribution in [3.63, 3.8) is 0 Å². The standard InChI is InChI=1S/C15H20N2S/c1-3-12-8-9-13(18-12)11-15(16-4-2)14-7-5-6-10-17-14/h5-10,15-16H,3-4,11H2,1-2H3. The maximum absolute atomic E-state index is 4.46. The zero-order chi connectivity index (χ0) is 12.8. The van der Waals surface area contributed by atoms with Gasteiger partial charge in [-0.05, 0) is 37.2 Å². The predicted molar refractivity (Wildman–Crippen MR) is 78.1 cm³/mol. The Morgan fingerprint density at radius 1 is 1.17 bits per heavy atom. The third-order valence-electron chi connectivity index (χ3n) is 2.97. The average molecular weight is 260 g/mol. The fraction of sp³-hybridized carbons (Fsp3) is 0.400. The van der Waals surface area contributed by atoms with E-state index in [-0.39, 0.29) is 0 Å². The summed E-state index contributed by atoms with van der Waals surface area (Å²) in [7, 11) is 0. The molecular formula is C15H20N2S. The van der Waals surface area contributed by atoms with E-state index in [1.807, 2.05) is 23.6 Å². The Labute approximate surface area is 113 Å². The summed E-state index contributed by atoms with van der Waals surface area (Å²) in [6.07, 6.45) is 4.02. The van der Waals surface area contributed by atoms with Crippen molar-refractivity contribution in [1.82, 2.24) is 10.3 Å². The van der Waals surface area contributed by atoms with E-state index < -0.39 is 0 Å². The second-order valence-corrected chi connectivity index (χ2v) is 5.54. The van der Waals surface area contributed by atoms with Gasteiger partial charge in [0.05, 0.1) is 11.7 Å². The minimum absolute atomic E-state index is 0.319. The highest BCUT2D eigenvalue weighted by Crippen LogP contribution is 2.23. The molecule has 2 nitrogen and oxygen atoms in total. The first kappa shape index (κ1) is 13.2. The molecule has 0 fully saturated rings. The van der Waals surface area contributed by atoms with Gasteiger partial charge in [0.2, 0.25) is 0 Å². The maximum Gasteiger partial charge on any atom is 0.0576 e. The largest absolute Gasteiger partial charge is 0.309 e.